The van der Waals surface area contributed by atoms with Crippen LogP contribution in [-0.2, 0) is 0 Å². The van der Waals surface area contributed by atoms with Gasteiger partial charge < -0.3 is 10.4 Å². The van der Waals surface area contributed by atoms with Crippen molar-refractivity contribution in [2.24, 2.45) is 0 Å². The molecule has 70 valence electrons. The van der Waals surface area contributed by atoms with E-state index in [0.717, 1.165) is 16.7 Å². The largest absolute Gasteiger partial charge is 0.478 e. The van der Waals surface area contributed by atoms with E-state index in [9.17, 15) is 4.79 Å². The minimum absolute atomic E-state index is 0.283. The number of benzene rings is 1. The van der Waals surface area contributed by atoms with Crippen LogP contribution in [0.3, 0.4) is 0 Å². The van der Waals surface area contributed by atoms with Gasteiger partial charge in [-0.05, 0) is 25.1 Å². The Balaban J connectivity index is 3.03. The second kappa shape index (κ2) is 4.28. The second-order valence-electron chi connectivity index (χ2n) is 2.56. The van der Waals surface area contributed by atoms with Crippen LogP contribution in [0, 0.1) is 0 Å². The zero-order chi connectivity index (χ0) is 9.84. The lowest BCUT2D eigenvalue weighted by Gasteiger charge is -2.04. The van der Waals surface area contributed by atoms with Crippen LogP contribution in [0.5, 0.6) is 0 Å². The zero-order valence-electron chi connectivity index (χ0n) is 7.17. The smallest absolute Gasteiger partial charge is 0.335 e. The van der Waals surface area contributed by atoms with Crippen LogP contribution >= 0.6 is 15.9 Å². The molecule has 0 aromatic heterocycles. The molecule has 0 bridgehead atoms. The van der Waals surface area contributed by atoms with Crippen molar-refractivity contribution in [3.05, 3.63) is 28.2 Å². The van der Waals surface area contributed by atoms with Crippen LogP contribution in [0.15, 0.2) is 22.7 Å². The Morgan fingerprint density at radius 3 is 2.77 bits per heavy atom. The van der Waals surface area contributed by atoms with Crippen molar-refractivity contribution in [2.75, 3.05) is 11.9 Å². The third-order valence-electron chi connectivity index (χ3n) is 1.53. The topological polar surface area (TPSA) is 49.3 Å². The number of hydrogen-bond donors (Lipinski definition) is 2. The summed E-state index contributed by atoms with van der Waals surface area (Å²) in [5.74, 6) is -0.916. The molecule has 0 fully saturated rings. The summed E-state index contributed by atoms with van der Waals surface area (Å²) in [5, 5.41) is 11.8. The van der Waals surface area contributed by atoms with Gasteiger partial charge in [-0.25, -0.2) is 4.79 Å². The van der Waals surface area contributed by atoms with Crippen molar-refractivity contribution < 1.29 is 9.90 Å². The van der Waals surface area contributed by atoms with Gasteiger partial charge in [-0.1, -0.05) is 15.9 Å². The monoisotopic (exact) mass is 243 g/mol. The summed E-state index contributed by atoms with van der Waals surface area (Å²) in [4.78, 5) is 10.7. The summed E-state index contributed by atoms with van der Waals surface area (Å²) in [6.45, 7) is 2.73. The van der Waals surface area contributed by atoms with Crippen molar-refractivity contribution in [2.45, 2.75) is 6.92 Å². The molecule has 0 saturated carbocycles. The quantitative estimate of drug-likeness (QED) is 0.859. The highest BCUT2D eigenvalue weighted by Crippen LogP contribution is 2.19. The molecule has 1 rings (SSSR count). The first-order valence-electron chi connectivity index (χ1n) is 3.91. The van der Waals surface area contributed by atoms with Gasteiger partial charge in [0.2, 0.25) is 0 Å². The third kappa shape index (κ3) is 2.73. The van der Waals surface area contributed by atoms with Gasteiger partial charge in [-0.3, -0.25) is 0 Å². The predicted octanol–water partition coefficient (Wildman–Crippen LogP) is 2.58. The maximum atomic E-state index is 10.7. The number of rotatable bonds is 3. The third-order valence-corrected chi connectivity index (χ3v) is 1.98. The molecule has 2 N–H and O–H groups in total. The van der Waals surface area contributed by atoms with Crippen molar-refractivity contribution >= 4 is 27.6 Å². The molecule has 0 saturated heterocycles. The molecule has 1 aromatic carbocycles. The molecule has 0 amide bonds. The fourth-order valence-electron chi connectivity index (χ4n) is 1.02. The average molecular weight is 244 g/mol. The van der Waals surface area contributed by atoms with Crippen LogP contribution < -0.4 is 5.32 Å². The Labute approximate surface area is 84.9 Å². The van der Waals surface area contributed by atoms with Gasteiger partial charge in [0, 0.05) is 16.7 Å². The van der Waals surface area contributed by atoms with Gasteiger partial charge >= 0.3 is 5.97 Å². The minimum atomic E-state index is -0.916. The number of nitrogens with one attached hydrogen (secondary N) is 1. The van der Waals surface area contributed by atoms with E-state index in [1.54, 1.807) is 12.1 Å². The molecule has 0 radical (unpaired) electrons. The standard InChI is InChI=1S/C9H10BrNO2/c1-2-11-8-4-6(9(12)13)3-7(10)5-8/h3-5,11H,2H2,1H3,(H,12,13). The Hall–Kier alpha value is -1.03. The summed E-state index contributed by atoms with van der Waals surface area (Å²) in [7, 11) is 0. The average Bonchev–Trinajstić information content (AvgIpc) is 2.03. The number of carbonyl (C=O) groups is 1. The van der Waals surface area contributed by atoms with Crippen molar-refractivity contribution in [3.8, 4) is 0 Å². The van der Waals surface area contributed by atoms with E-state index in [2.05, 4.69) is 21.2 Å². The lowest BCUT2D eigenvalue weighted by Crippen LogP contribution is -2.00. The van der Waals surface area contributed by atoms with E-state index < -0.39 is 5.97 Å². The molecule has 13 heavy (non-hydrogen) atoms. The van der Waals surface area contributed by atoms with Gasteiger partial charge in [0.15, 0.2) is 0 Å². The van der Waals surface area contributed by atoms with E-state index in [1.807, 2.05) is 13.0 Å². The highest BCUT2D eigenvalue weighted by atomic mass is 79.9. The summed E-state index contributed by atoms with van der Waals surface area (Å²) in [6, 6.07) is 5.02. The highest BCUT2D eigenvalue weighted by molar-refractivity contribution is 9.10. The number of anilines is 1. The molecule has 0 unspecified atom stereocenters. The van der Waals surface area contributed by atoms with E-state index >= 15 is 0 Å². The van der Waals surface area contributed by atoms with Gasteiger partial charge in [-0.15, -0.1) is 0 Å². The zero-order valence-corrected chi connectivity index (χ0v) is 8.76. The first-order valence-corrected chi connectivity index (χ1v) is 4.70. The highest BCUT2D eigenvalue weighted by Gasteiger charge is 2.04. The molecule has 3 nitrogen and oxygen atoms in total. The molecule has 0 atom stereocenters. The number of halogens is 1. The predicted molar refractivity (Wildman–Crippen MR) is 55.3 cm³/mol. The number of carboxylic acid groups (broad SMARTS) is 1. The van der Waals surface area contributed by atoms with E-state index in [-0.39, 0.29) is 5.56 Å². The van der Waals surface area contributed by atoms with Gasteiger partial charge in [0.25, 0.3) is 0 Å². The van der Waals surface area contributed by atoms with Crippen molar-refractivity contribution in [1.29, 1.82) is 0 Å². The molecule has 0 aliphatic rings. The molecule has 0 heterocycles. The van der Waals surface area contributed by atoms with E-state index in [1.165, 1.54) is 0 Å². The Kier molecular flexibility index (Phi) is 3.31. The molecule has 0 spiro atoms. The van der Waals surface area contributed by atoms with Crippen molar-refractivity contribution in [1.82, 2.24) is 0 Å². The molecule has 4 heteroatoms. The SMILES string of the molecule is CCNc1cc(Br)cc(C(=O)O)c1. The molecule has 1 aromatic rings. The normalized spacial score (nSPS) is 9.69. The number of hydrogen-bond acceptors (Lipinski definition) is 2. The lowest BCUT2D eigenvalue weighted by atomic mass is 10.2. The fourth-order valence-corrected chi connectivity index (χ4v) is 1.51. The van der Waals surface area contributed by atoms with Crippen LogP contribution in [0.2, 0.25) is 0 Å². The fraction of sp³-hybridized carbons (Fsp3) is 0.222. The van der Waals surface area contributed by atoms with Gasteiger partial charge in [-0.2, -0.15) is 0 Å². The van der Waals surface area contributed by atoms with Crippen molar-refractivity contribution in [3.63, 3.8) is 0 Å². The minimum Gasteiger partial charge on any atom is -0.478 e. The first-order chi connectivity index (χ1) is 6.13. The molecular weight excluding hydrogens is 234 g/mol. The Morgan fingerprint density at radius 1 is 1.54 bits per heavy atom. The molecular formula is C9H10BrNO2. The lowest BCUT2D eigenvalue weighted by molar-refractivity contribution is 0.0697. The van der Waals surface area contributed by atoms with E-state index in [0.29, 0.717) is 0 Å². The molecule has 0 aliphatic heterocycles. The maximum Gasteiger partial charge on any atom is 0.335 e. The maximum absolute atomic E-state index is 10.7. The summed E-state index contributed by atoms with van der Waals surface area (Å²) in [5.41, 5.74) is 1.10. The Morgan fingerprint density at radius 2 is 2.23 bits per heavy atom. The number of aromatic carboxylic acids is 1. The van der Waals surface area contributed by atoms with Gasteiger partial charge in [0.1, 0.15) is 0 Å². The second-order valence-corrected chi connectivity index (χ2v) is 3.48. The molecule has 0 aliphatic carbocycles. The van der Waals surface area contributed by atoms with Crippen LogP contribution in [-0.4, -0.2) is 17.6 Å². The summed E-state index contributed by atoms with van der Waals surface area (Å²) < 4.78 is 0.767. The van der Waals surface area contributed by atoms with Crippen LogP contribution in [0.25, 0.3) is 0 Å². The van der Waals surface area contributed by atoms with E-state index in [4.69, 9.17) is 5.11 Å². The van der Waals surface area contributed by atoms with Gasteiger partial charge in [0.05, 0.1) is 5.56 Å². The summed E-state index contributed by atoms with van der Waals surface area (Å²) >= 11 is 3.25. The first kappa shape index (κ1) is 10.1. The summed E-state index contributed by atoms with van der Waals surface area (Å²) in [6.07, 6.45) is 0. The van der Waals surface area contributed by atoms with Crippen LogP contribution in [0.4, 0.5) is 5.69 Å². The number of carboxylic acids is 1. The van der Waals surface area contributed by atoms with Crippen LogP contribution in [0.1, 0.15) is 17.3 Å². The Bertz CT molecular complexity index is 325.